The molecule has 2 aliphatic rings. The number of aromatic nitrogens is 4. The highest BCUT2D eigenvalue weighted by molar-refractivity contribution is 5.83. The van der Waals surface area contributed by atoms with Crippen molar-refractivity contribution in [1.82, 2.24) is 24.8 Å². The molecule has 0 aliphatic carbocycles. The monoisotopic (exact) mass is 404 g/mol. The number of fused-ring (bicyclic) bond motifs is 2. The summed E-state index contributed by atoms with van der Waals surface area (Å²) in [6.07, 6.45) is 9.67. The molecular weight excluding hydrogens is 376 g/mol. The highest BCUT2D eigenvalue weighted by atomic mass is 16.2. The molecule has 1 N–H and O–H groups in total. The third-order valence-electron chi connectivity index (χ3n) is 6.67. The van der Waals surface area contributed by atoms with Crippen LogP contribution in [0.2, 0.25) is 0 Å². The Morgan fingerprint density at radius 2 is 1.97 bits per heavy atom. The maximum Gasteiger partial charge on any atom is 0.219 e. The Morgan fingerprint density at radius 3 is 2.80 bits per heavy atom. The lowest BCUT2D eigenvalue weighted by atomic mass is 9.96. The smallest absolute Gasteiger partial charge is 0.219 e. The first-order chi connectivity index (χ1) is 14.7. The van der Waals surface area contributed by atoms with Gasteiger partial charge in [-0.2, -0.15) is 0 Å². The number of imidazole rings is 1. The van der Waals surface area contributed by atoms with Crippen molar-refractivity contribution >= 4 is 22.9 Å². The van der Waals surface area contributed by atoms with Gasteiger partial charge in [-0.1, -0.05) is 43.2 Å². The summed E-state index contributed by atoms with van der Waals surface area (Å²) in [4.78, 5) is 33.8. The molecule has 7 heteroatoms. The molecule has 1 aromatic carbocycles. The van der Waals surface area contributed by atoms with Gasteiger partial charge in [0, 0.05) is 19.5 Å². The van der Waals surface area contributed by atoms with Crippen LogP contribution < -0.4 is 4.90 Å². The topological polar surface area (TPSA) is 78.0 Å². The van der Waals surface area contributed by atoms with Gasteiger partial charge in [-0.05, 0) is 31.2 Å². The van der Waals surface area contributed by atoms with Crippen LogP contribution in [0.1, 0.15) is 44.6 Å². The molecule has 0 bridgehead atoms. The molecule has 4 heterocycles. The number of hydrogen-bond donors (Lipinski definition) is 1. The standard InChI is InChI=1S/C23H28N6O/c1-16(30)28-11-7-3-6-10-19-20(28)13-18(12-17-8-4-2-5-9-17)29(19)23-21-22(25-14-24-21)26-15-27-23/h2,4-5,8-9,14-15,18-20H,3,6-7,10-13H2,1H3,(H,24,25,26,27)/t18-,19?,20?/m1/s1. The molecule has 0 radical (unpaired) electrons. The molecular formula is C23H28N6O. The fourth-order valence-corrected chi connectivity index (χ4v) is 5.39. The van der Waals surface area contributed by atoms with Gasteiger partial charge < -0.3 is 14.8 Å². The molecule has 7 nitrogen and oxygen atoms in total. The molecule has 1 amide bonds. The zero-order valence-electron chi connectivity index (χ0n) is 17.4. The Balaban J connectivity index is 1.58. The fraction of sp³-hybridized carbons (Fsp3) is 0.478. The van der Waals surface area contributed by atoms with E-state index in [-0.39, 0.29) is 24.0 Å². The maximum atomic E-state index is 12.6. The zero-order valence-corrected chi connectivity index (χ0v) is 17.4. The second-order valence-corrected chi connectivity index (χ2v) is 8.48. The normalized spacial score (nSPS) is 24.5. The average molecular weight is 405 g/mol. The van der Waals surface area contributed by atoms with Gasteiger partial charge in [-0.3, -0.25) is 4.79 Å². The molecule has 3 aromatic rings. The second-order valence-electron chi connectivity index (χ2n) is 8.48. The minimum Gasteiger partial charge on any atom is -0.346 e. The summed E-state index contributed by atoms with van der Waals surface area (Å²) in [5.74, 6) is 1.09. The van der Waals surface area contributed by atoms with Crippen molar-refractivity contribution in [3.05, 3.63) is 48.5 Å². The van der Waals surface area contributed by atoms with E-state index in [0.29, 0.717) is 5.65 Å². The lowest BCUT2D eigenvalue weighted by Crippen LogP contribution is -2.49. The van der Waals surface area contributed by atoms with Gasteiger partial charge in [0.2, 0.25) is 5.91 Å². The van der Waals surface area contributed by atoms with Crippen LogP contribution in [0.5, 0.6) is 0 Å². The summed E-state index contributed by atoms with van der Waals surface area (Å²) < 4.78 is 0. The van der Waals surface area contributed by atoms with E-state index < -0.39 is 0 Å². The van der Waals surface area contributed by atoms with Gasteiger partial charge in [-0.15, -0.1) is 0 Å². The largest absolute Gasteiger partial charge is 0.346 e. The summed E-state index contributed by atoms with van der Waals surface area (Å²) >= 11 is 0. The number of hydrogen-bond acceptors (Lipinski definition) is 5. The SMILES string of the molecule is CC(=O)N1CCCCCC2C1C[C@@H](Cc1ccccc1)N2c1ncnc2nc[nH]c12. The minimum absolute atomic E-state index is 0.182. The molecule has 2 aliphatic heterocycles. The molecule has 2 unspecified atom stereocenters. The van der Waals surface area contributed by atoms with E-state index in [1.54, 1.807) is 19.6 Å². The Bertz CT molecular complexity index is 1020. The first-order valence-electron chi connectivity index (χ1n) is 11.0. The number of carbonyl (C=O) groups excluding carboxylic acids is 1. The van der Waals surface area contributed by atoms with Gasteiger partial charge >= 0.3 is 0 Å². The number of nitrogens with zero attached hydrogens (tertiary/aromatic N) is 5. The Kier molecular flexibility index (Phi) is 5.11. The highest BCUT2D eigenvalue weighted by Gasteiger charge is 2.45. The number of aromatic amines is 1. The van der Waals surface area contributed by atoms with Crippen LogP contribution in [0.25, 0.3) is 11.2 Å². The number of likely N-dealkylation sites (tertiary alicyclic amines) is 1. The van der Waals surface area contributed by atoms with Crippen LogP contribution in [0.15, 0.2) is 43.0 Å². The maximum absolute atomic E-state index is 12.6. The molecule has 3 atom stereocenters. The lowest BCUT2D eigenvalue weighted by Gasteiger charge is -2.38. The Hall–Kier alpha value is -2.96. The van der Waals surface area contributed by atoms with Crippen molar-refractivity contribution in [1.29, 1.82) is 0 Å². The summed E-state index contributed by atoms with van der Waals surface area (Å²) in [5, 5.41) is 0. The average Bonchev–Trinajstić information content (AvgIpc) is 3.34. The Labute approximate surface area is 176 Å². The number of H-pyrrole nitrogens is 1. The number of anilines is 1. The number of nitrogens with one attached hydrogen (secondary N) is 1. The lowest BCUT2D eigenvalue weighted by molar-refractivity contribution is -0.131. The molecule has 30 heavy (non-hydrogen) atoms. The number of rotatable bonds is 3. The minimum atomic E-state index is 0.182. The van der Waals surface area contributed by atoms with Crippen molar-refractivity contribution in [2.24, 2.45) is 0 Å². The predicted octanol–water partition coefficient (Wildman–Crippen LogP) is 3.33. The molecule has 0 spiro atoms. The van der Waals surface area contributed by atoms with E-state index in [1.165, 1.54) is 12.0 Å². The van der Waals surface area contributed by atoms with Gasteiger partial charge in [0.25, 0.3) is 0 Å². The van der Waals surface area contributed by atoms with E-state index in [0.717, 1.165) is 50.0 Å². The van der Waals surface area contributed by atoms with Gasteiger partial charge in [0.15, 0.2) is 11.5 Å². The van der Waals surface area contributed by atoms with Crippen molar-refractivity contribution in [3.63, 3.8) is 0 Å². The van der Waals surface area contributed by atoms with Gasteiger partial charge in [-0.25, -0.2) is 15.0 Å². The van der Waals surface area contributed by atoms with Crippen LogP contribution in [0.3, 0.4) is 0 Å². The number of carbonyl (C=O) groups is 1. The molecule has 5 rings (SSSR count). The zero-order chi connectivity index (χ0) is 20.5. The van der Waals surface area contributed by atoms with Crippen molar-refractivity contribution in [2.45, 2.75) is 63.6 Å². The number of benzene rings is 1. The predicted molar refractivity (Wildman–Crippen MR) is 116 cm³/mol. The van der Waals surface area contributed by atoms with Crippen LogP contribution in [-0.2, 0) is 11.2 Å². The van der Waals surface area contributed by atoms with Gasteiger partial charge in [0.05, 0.1) is 18.4 Å². The van der Waals surface area contributed by atoms with Crippen LogP contribution in [-0.4, -0.2) is 55.4 Å². The third kappa shape index (κ3) is 3.42. The third-order valence-corrected chi connectivity index (χ3v) is 6.67. The van der Waals surface area contributed by atoms with Crippen molar-refractivity contribution < 1.29 is 4.79 Å². The van der Waals surface area contributed by atoms with Crippen LogP contribution >= 0.6 is 0 Å². The van der Waals surface area contributed by atoms with E-state index >= 15 is 0 Å². The van der Waals surface area contributed by atoms with E-state index in [9.17, 15) is 4.79 Å². The van der Waals surface area contributed by atoms with Crippen molar-refractivity contribution in [2.75, 3.05) is 11.4 Å². The van der Waals surface area contributed by atoms with Crippen LogP contribution in [0, 0.1) is 0 Å². The first kappa shape index (κ1) is 19.0. The number of amides is 1. The van der Waals surface area contributed by atoms with E-state index in [4.69, 9.17) is 4.98 Å². The Morgan fingerprint density at radius 1 is 1.10 bits per heavy atom. The van der Waals surface area contributed by atoms with Gasteiger partial charge in [0.1, 0.15) is 11.8 Å². The molecule has 2 fully saturated rings. The molecule has 0 saturated carbocycles. The summed E-state index contributed by atoms with van der Waals surface area (Å²) in [5.41, 5.74) is 2.88. The fourth-order valence-electron chi connectivity index (χ4n) is 5.39. The summed E-state index contributed by atoms with van der Waals surface area (Å²) in [7, 11) is 0. The summed E-state index contributed by atoms with van der Waals surface area (Å²) in [6, 6.07) is 11.4. The molecule has 2 aromatic heterocycles. The highest BCUT2D eigenvalue weighted by Crippen LogP contribution is 2.39. The second kappa shape index (κ2) is 8.05. The van der Waals surface area contributed by atoms with Crippen molar-refractivity contribution in [3.8, 4) is 0 Å². The first-order valence-corrected chi connectivity index (χ1v) is 11.0. The molecule has 2 saturated heterocycles. The van der Waals surface area contributed by atoms with Crippen LogP contribution in [0.4, 0.5) is 5.82 Å². The quantitative estimate of drug-likeness (QED) is 0.724. The van der Waals surface area contributed by atoms with E-state index in [1.807, 2.05) is 0 Å². The summed E-state index contributed by atoms with van der Waals surface area (Å²) in [6.45, 7) is 2.57. The molecule has 156 valence electrons. The van der Waals surface area contributed by atoms with E-state index in [2.05, 4.69) is 55.1 Å².